The predicted octanol–water partition coefficient (Wildman–Crippen LogP) is 1.74. The second kappa shape index (κ2) is 11.8. The van der Waals surface area contributed by atoms with E-state index in [0.717, 1.165) is 37.2 Å². The van der Waals surface area contributed by atoms with E-state index < -0.39 is 6.10 Å². The van der Waals surface area contributed by atoms with Crippen molar-refractivity contribution in [2.75, 3.05) is 50.8 Å². The predicted molar refractivity (Wildman–Crippen MR) is 135 cm³/mol. The van der Waals surface area contributed by atoms with Crippen molar-refractivity contribution in [3.8, 4) is 5.75 Å². The highest BCUT2D eigenvalue weighted by Gasteiger charge is 2.16. The number of para-hydroxylation sites is 1. The summed E-state index contributed by atoms with van der Waals surface area (Å²) in [5.41, 5.74) is 2.88. The summed E-state index contributed by atoms with van der Waals surface area (Å²) in [6, 6.07) is 14.3. The van der Waals surface area contributed by atoms with Crippen molar-refractivity contribution in [1.82, 2.24) is 15.2 Å². The van der Waals surface area contributed by atoms with Crippen molar-refractivity contribution < 1.29 is 19.7 Å². The van der Waals surface area contributed by atoms with Gasteiger partial charge in [-0.15, -0.1) is 0 Å². The first-order valence-electron chi connectivity index (χ1n) is 11.9. The lowest BCUT2D eigenvalue weighted by atomic mass is 10.0. The molecule has 0 bridgehead atoms. The first-order chi connectivity index (χ1) is 17.1. The highest BCUT2D eigenvalue weighted by Crippen LogP contribution is 2.28. The average molecular weight is 481 g/mol. The number of amides is 1. The van der Waals surface area contributed by atoms with Gasteiger partial charge in [0.15, 0.2) is 0 Å². The number of phenolic OH excluding ortho intramolecular Hbond substituents is 1. The van der Waals surface area contributed by atoms with Crippen LogP contribution in [-0.2, 0) is 16.1 Å². The highest BCUT2D eigenvalue weighted by molar-refractivity contribution is 5.87. The van der Waals surface area contributed by atoms with Gasteiger partial charge in [0.2, 0.25) is 12.0 Å². The number of H-pyrrole nitrogens is 1. The van der Waals surface area contributed by atoms with Gasteiger partial charge >= 0.3 is 0 Å². The monoisotopic (exact) mass is 480 g/mol. The zero-order chi connectivity index (χ0) is 24.6. The number of hydrogen-bond donors (Lipinski definition) is 4. The van der Waals surface area contributed by atoms with Crippen LogP contribution in [0, 0.1) is 0 Å². The van der Waals surface area contributed by atoms with E-state index in [-0.39, 0.29) is 11.3 Å². The van der Waals surface area contributed by atoms with Crippen molar-refractivity contribution in [2.45, 2.75) is 19.1 Å². The molecule has 1 saturated heterocycles. The second-order valence-electron chi connectivity index (χ2n) is 8.66. The number of aromatic amines is 1. The van der Waals surface area contributed by atoms with Crippen LogP contribution in [0.3, 0.4) is 0 Å². The fourth-order valence-corrected chi connectivity index (χ4v) is 4.45. The molecule has 35 heavy (non-hydrogen) atoms. The normalized spacial score (nSPS) is 14.7. The van der Waals surface area contributed by atoms with E-state index in [1.807, 2.05) is 12.1 Å². The molecule has 9 heteroatoms. The number of aromatic nitrogens is 1. The maximum Gasteiger partial charge on any atom is 0.248 e. The van der Waals surface area contributed by atoms with Crippen LogP contribution in [0.25, 0.3) is 10.9 Å². The van der Waals surface area contributed by atoms with E-state index in [4.69, 9.17) is 4.74 Å². The van der Waals surface area contributed by atoms with Gasteiger partial charge in [-0.3, -0.25) is 9.59 Å². The molecule has 2 aromatic carbocycles. The van der Waals surface area contributed by atoms with Crippen molar-refractivity contribution >= 4 is 23.0 Å². The van der Waals surface area contributed by atoms with E-state index in [0.29, 0.717) is 55.9 Å². The van der Waals surface area contributed by atoms with E-state index >= 15 is 0 Å². The van der Waals surface area contributed by atoms with Gasteiger partial charge < -0.3 is 35.1 Å². The number of pyridine rings is 1. The minimum Gasteiger partial charge on any atom is -0.506 e. The molecular formula is C26H32N4O5. The fraction of sp³-hybridized carbons (Fsp3) is 0.385. The minimum absolute atomic E-state index is 0.0363. The molecule has 1 fully saturated rings. The van der Waals surface area contributed by atoms with Crippen molar-refractivity contribution in [3.05, 3.63) is 70.0 Å². The molecule has 4 rings (SSSR count). The van der Waals surface area contributed by atoms with E-state index in [9.17, 15) is 19.8 Å². The molecule has 1 atom stereocenters. The van der Waals surface area contributed by atoms with Gasteiger partial charge in [0.1, 0.15) is 5.75 Å². The van der Waals surface area contributed by atoms with Crippen LogP contribution in [0.15, 0.2) is 53.3 Å². The van der Waals surface area contributed by atoms with Crippen LogP contribution >= 0.6 is 0 Å². The van der Waals surface area contributed by atoms with Gasteiger partial charge in [0, 0.05) is 49.9 Å². The Bertz CT molecular complexity index is 1190. The fourth-order valence-electron chi connectivity index (χ4n) is 4.45. The molecule has 4 N–H and O–H groups in total. The summed E-state index contributed by atoms with van der Waals surface area (Å²) in [6.45, 7) is 5.17. The van der Waals surface area contributed by atoms with E-state index in [1.54, 1.807) is 17.0 Å². The van der Waals surface area contributed by atoms with Gasteiger partial charge in [-0.1, -0.05) is 24.3 Å². The van der Waals surface area contributed by atoms with Crippen molar-refractivity contribution in [2.24, 2.45) is 0 Å². The highest BCUT2D eigenvalue weighted by atomic mass is 16.5. The molecule has 1 aliphatic rings. The molecule has 9 nitrogen and oxygen atoms in total. The number of hydrogen-bond acceptors (Lipinski definition) is 7. The number of ether oxygens (including phenoxy) is 1. The van der Waals surface area contributed by atoms with Gasteiger partial charge in [0.05, 0.1) is 24.8 Å². The Kier molecular flexibility index (Phi) is 8.36. The summed E-state index contributed by atoms with van der Waals surface area (Å²) in [4.78, 5) is 30.0. The number of aliphatic hydroxyl groups excluding tert-OH is 1. The van der Waals surface area contributed by atoms with Crippen LogP contribution in [0.5, 0.6) is 5.75 Å². The van der Waals surface area contributed by atoms with Crippen LogP contribution < -0.4 is 15.8 Å². The average Bonchev–Trinajstić information content (AvgIpc) is 2.89. The molecule has 3 aromatic rings. The molecule has 186 valence electrons. The molecule has 2 heterocycles. The summed E-state index contributed by atoms with van der Waals surface area (Å²) in [5, 5.41) is 24.5. The largest absolute Gasteiger partial charge is 0.506 e. The molecule has 0 aliphatic carbocycles. The Morgan fingerprint density at radius 3 is 2.74 bits per heavy atom. The Morgan fingerprint density at radius 2 is 1.94 bits per heavy atom. The lowest BCUT2D eigenvalue weighted by Gasteiger charge is -2.31. The molecule has 1 aromatic heterocycles. The molecular weight excluding hydrogens is 448 g/mol. The molecule has 0 spiro atoms. The summed E-state index contributed by atoms with van der Waals surface area (Å²) < 4.78 is 5.46. The Labute approximate surface area is 203 Å². The number of rotatable bonds is 11. The Balaban J connectivity index is 1.28. The molecule has 1 unspecified atom stereocenters. The quantitative estimate of drug-likeness (QED) is 0.244. The molecule has 1 aliphatic heterocycles. The van der Waals surface area contributed by atoms with E-state index in [1.165, 1.54) is 12.1 Å². The third-order valence-electron chi connectivity index (χ3n) is 6.27. The summed E-state index contributed by atoms with van der Waals surface area (Å²) in [5.74, 6) is -0.0363. The van der Waals surface area contributed by atoms with Crippen LogP contribution in [0.2, 0.25) is 0 Å². The molecule has 0 saturated carbocycles. The standard InChI is InChI=1S/C26H32N4O5/c31-18-29(17-19-4-1-2-5-22(19)30-12-14-35-15-13-30)11-3-10-27-16-24(33)20-6-8-23(32)26-21(20)7-9-25(34)28-26/h1-2,4-9,18,24,27,32-33H,3,10-17H2,(H,28,34). The number of carbonyl (C=O) groups is 1. The number of anilines is 1. The van der Waals surface area contributed by atoms with Gasteiger partial charge in [0.25, 0.3) is 0 Å². The number of nitrogens with zero attached hydrogens (tertiary/aromatic N) is 2. The zero-order valence-corrected chi connectivity index (χ0v) is 19.7. The van der Waals surface area contributed by atoms with Gasteiger partial charge in [-0.05, 0) is 42.3 Å². The third-order valence-corrected chi connectivity index (χ3v) is 6.27. The number of aliphatic hydroxyl groups is 1. The maximum atomic E-state index is 11.7. The topological polar surface area (TPSA) is 118 Å². The van der Waals surface area contributed by atoms with Crippen molar-refractivity contribution in [1.29, 1.82) is 0 Å². The molecule has 0 radical (unpaired) electrons. The van der Waals surface area contributed by atoms with Gasteiger partial charge in [-0.2, -0.15) is 0 Å². The van der Waals surface area contributed by atoms with Crippen LogP contribution in [-0.4, -0.2) is 72.4 Å². The number of morpholine rings is 1. The van der Waals surface area contributed by atoms with Crippen LogP contribution in [0.1, 0.15) is 23.7 Å². The zero-order valence-electron chi connectivity index (χ0n) is 19.7. The SMILES string of the molecule is O=CN(CCCNCC(O)c1ccc(O)c2[nH]c(=O)ccc12)Cc1ccccc1N1CCOCC1. The Hall–Kier alpha value is -3.40. The smallest absolute Gasteiger partial charge is 0.248 e. The van der Waals surface area contributed by atoms with Gasteiger partial charge in [-0.25, -0.2) is 0 Å². The minimum atomic E-state index is -0.813. The number of fused-ring (bicyclic) bond motifs is 1. The maximum absolute atomic E-state index is 11.7. The second-order valence-corrected chi connectivity index (χ2v) is 8.66. The molecule has 1 amide bonds. The first kappa shape index (κ1) is 24.7. The number of benzene rings is 2. The first-order valence-corrected chi connectivity index (χ1v) is 11.9. The van der Waals surface area contributed by atoms with E-state index in [2.05, 4.69) is 27.3 Å². The lowest BCUT2D eigenvalue weighted by molar-refractivity contribution is -0.118. The lowest BCUT2D eigenvalue weighted by Crippen LogP contribution is -2.37. The Morgan fingerprint density at radius 1 is 1.14 bits per heavy atom. The summed E-state index contributed by atoms with van der Waals surface area (Å²) in [6.07, 6.45) is 0.801. The number of nitrogens with one attached hydrogen (secondary N) is 2. The number of carbonyl (C=O) groups excluding carboxylic acids is 1. The summed E-state index contributed by atoms with van der Waals surface area (Å²) >= 11 is 0. The third kappa shape index (κ3) is 6.19. The van der Waals surface area contributed by atoms with Crippen molar-refractivity contribution in [3.63, 3.8) is 0 Å². The number of aromatic hydroxyl groups is 1. The van der Waals surface area contributed by atoms with Crippen LogP contribution in [0.4, 0.5) is 5.69 Å². The number of phenols is 1. The summed E-state index contributed by atoms with van der Waals surface area (Å²) in [7, 11) is 0.